The first kappa shape index (κ1) is 14.7. The lowest BCUT2D eigenvalue weighted by atomic mass is 9.97. The Morgan fingerprint density at radius 2 is 2.00 bits per heavy atom. The first-order chi connectivity index (χ1) is 7.02. The first-order valence-electron chi connectivity index (χ1n) is 5.11. The molecule has 0 aliphatic heterocycles. The second-order valence-corrected chi connectivity index (χ2v) is 4.96. The highest BCUT2D eigenvalue weighted by atomic mass is 127. The Bertz CT molecular complexity index is 221. The Labute approximate surface area is 104 Å². The summed E-state index contributed by atoms with van der Waals surface area (Å²) < 4.78 is 4.92. The van der Waals surface area contributed by atoms with Gasteiger partial charge >= 0.3 is 6.09 Å². The molecular formula is C10H18INO3. The normalized spacial score (nSPS) is 14.3. The minimum Gasteiger partial charge on any atom is -0.449 e. The predicted octanol–water partition coefficient (Wildman–Crippen LogP) is 2.28. The fourth-order valence-corrected chi connectivity index (χ4v) is 2.54. The second-order valence-electron chi connectivity index (χ2n) is 3.36. The summed E-state index contributed by atoms with van der Waals surface area (Å²) in [5.41, 5.74) is 4.88. The van der Waals surface area contributed by atoms with Crippen molar-refractivity contribution < 1.29 is 14.3 Å². The van der Waals surface area contributed by atoms with E-state index in [0.29, 0.717) is 6.42 Å². The lowest BCUT2D eigenvalue weighted by Gasteiger charge is -2.19. The molecule has 0 saturated heterocycles. The molecule has 0 heterocycles. The van der Waals surface area contributed by atoms with Crippen LogP contribution in [0.4, 0.5) is 4.79 Å². The fraction of sp³-hybridized carbons (Fsp3) is 0.800. The van der Waals surface area contributed by atoms with E-state index in [1.807, 2.05) is 6.92 Å². The highest BCUT2D eigenvalue weighted by molar-refractivity contribution is 14.1. The SMILES string of the molecule is CCCC(I)C(COC(N)=O)C(=O)CC. The van der Waals surface area contributed by atoms with Crippen molar-refractivity contribution in [3.8, 4) is 0 Å². The molecule has 88 valence electrons. The highest BCUT2D eigenvalue weighted by Crippen LogP contribution is 2.21. The number of carbonyl (C=O) groups excluding carboxylic acids is 2. The van der Waals surface area contributed by atoms with E-state index < -0.39 is 6.09 Å². The molecule has 0 spiro atoms. The largest absolute Gasteiger partial charge is 0.449 e. The summed E-state index contributed by atoms with van der Waals surface area (Å²) in [5, 5.41) is 0. The van der Waals surface area contributed by atoms with Gasteiger partial charge < -0.3 is 10.5 Å². The van der Waals surface area contributed by atoms with Crippen molar-refractivity contribution >= 4 is 34.5 Å². The average Bonchev–Trinajstić information content (AvgIpc) is 2.17. The summed E-state index contributed by atoms with van der Waals surface area (Å²) in [4.78, 5) is 22.1. The molecule has 0 aliphatic rings. The summed E-state index contributed by atoms with van der Waals surface area (Å²) in [5.74, 6) is -0.0906. The number of alkyl halides is 1. The maximum atomic E-state index is 11.6. The quantitative estimate of drug-likeness (QED) is 0.576. The van der Waals surface area contributed by atoms with Crippen LogP contribution in [0.1, 0.15) is 33.1 Å². The molecule has 0 aromatic carbocycles. The molecule has 0 rings (SSSR count). The van der Waals surface area contributed by atoms with Crippen LogP contribution in [0.3, 0.4) is 0 Å². The van der Waals surface area contributed by atoms with Crippen LogP contribution >= 0.6 is 22.6 Å². The van der Waals surface area contributed by atoms with Gasteiger partial charge in [-0.1, -0.05) is 42.9 Å². The van der Waals surface area contributed by atoms with Crippen molar-refractivity contribution in [2.24, 2.45) is 11.7 Å². The first-order valence-corrected chi connectivity index (χ1v) is 6.36. The number of rotatable bonds is 7. The maximum absolute atomic E-state index is 11.6. The molecule has 15 heavy (non-hydrogen) atoms. The molecule has 5 heteroatoms. The molecule has 2 unspecified atom stereocenters. The van der Waals surface area contributed by atoms with Crippen molar-refractivity contribution in [1.82, 2.24) is 0 Å². The van der Waals surface area contributed by atoms with Crippen LogP contribution in [-0.4, -0.2) is 22.4 Å². The summed E-state index contributed by atoms with van der Waals surface area (Å²) in [6.07, 6.45) is 1.61. The molecule has 0 aromatic rings. The van der Waals surface area contributed by atoms with Gasteiger partial charge in [0.05, 0.1) is 5.92 Å². The number of amides is 1. The Balaban J connectivity index is 4.29. The number of ketones is 1. The predicted molar refractivity (Wildman–Crippen MR) is 67.0 cm³/mol. The monoisotopic (exact) mass is 327 g/mol. The average molecular weight is 327 g/mol. The molecule has 4 nitrogen and oxygen atoms in total. The Kier molecular flexibility index (Phi) is 7.72. The Morgan fingerprint density at radius 3 is 2.40 bits per heavy atom. The topological polar surface area (TPSA) is 69.4 Å². The molecule has 0 bridgehead atoms. The van der Waals surface area contributed by atoms with Gasteiger partial charge in [0.25, 0.3) is 0 Å². The van der Waals surface area contributed by atoms with E-state index in [-0.39, 0.29) is 22.2 Å². The fourth-order valence-electron chi connectivity index (χ4n) is 1.31. The van der Waals surface area contributed by atoms with Gasteiger partial charge in [-0.15, -0.1) is 0 Å². The molecule has 1 amide bonds. The molecular weight excluding hydrogens is 309 g/mol. The van der Waals surface area contributed by atoms with Crippen LogP contribution in [0.2, 0.25) is 0 Å². The number of hydrogen-bond donors (Lipinski definition) is 1. The molecule has 0 fully saturated rings. The molecule has 0 aromatic heterocycles. The van der Waals surface area contributed by atoms with Crippen molar-refractivity contribution in [3.05, 3.63) is 0 Å². The van der Waals surface area contributed by atoms with Crippen molar-refractivity contribution in [2.75, 3.05) is 6.61 Å². The van der Waals surface area contributed by atoms with Crippen LogP contribution in [0, 0.1) is 5.92 Å². The van der Waals surface area contributed by atoms with Gasteiger partial charge in [-0.3, -0.25) is 4.79 Å². The highest BCUT2D eigenvalue weighted by Gasteiger charge is 2.25. The number of carbonyl (C=O) groups is 2. The van der Waals surface area contributed by atoms with Crippen LogP contribution in [0.25, 0.3) is 0 Å². The number of hydrogen-bond acceptors (Lipinski definition) is 3. The number of nitrogens with two attached hydrogens (primary N) is 1. The zero-order valence-corrected chi connectivity index (χ0v) is 11.3. The van der Waals surface area contributed by atoms with Crippen LogP contribution in [0.15, 0.2) is 0 Å². The Hall–Kier alpha value is -0.330. The standard InChI is InChI=1S/C10H18INO3/c1-3-5-8(11)7(9(13)4-2)6-15-10(12)14/h7-8H,3-6H2,1-2H3,(H2,12,14). The van der Waals surface area contributed by atoms with E-state index in [1.54, 1.807) is 0 Å². The van der Waals surface area contributed by atoms with E-state index in [0.717, 1.165) is 12.8 Å². The van der Waals surface area contributed by atoms with E-state index in [4.69, 9.17) is 10.5 Å². The summed E-state index contributed by atoms with van der Waals surface area (Å²) in [7, 11) is 0. The van der Waals surface area contributed by atoms with Crippen molar-refractivity contribution in [3.63, 3.8) is 0 Å². The number of primary amides is 1. The van der Waals surface area contributed by atoms with Crippen molar-refractivity contribution in [2.45, 2.75) is 37.0 Å². The van der Waals surface area contributed by atoms with Gasteiger partial charge in [-0.25, -0.2) is 4.79 Å². The Morgan fingerprint density at radius 1 is 1.40 bits per heavy atom. The molecule has 2 N–H and O–H groups in total. The minimum absolute atomic E-state index is 0.107. The summed E-state index contributed by atoms with van der Waals surface area (Å²) >= 11 is 2.24. The van der Waals surface area contributed by atoms with Crippen LogP contribution in [-0.2, 0) is 9.53 Å². The zero-order chi connectivity index (χ0) is 11.8. The molecule has 0 aliphatic carbocycles. The molecule has 0 radical (unpaired) electrons. The van der Waals surface area contributed by atoms with Gasteiger partial charge in [0.2, 0.25) is 0 Å². The van der Waals surface area contributed by atoms with Crippen LogP contribution < -0.4 is 5.73 Å². The second kappa shape index (κ2) is 7.90. The van der Waals surface area contributed by atoms with Crippen LogP contribution in [0.5, 0.6) is 0 Å². The van der Waals surface area contributed by atoms with E-state index in [1.165, 1.54) is 0 Å². The number of halogens is 1. The third-order valence-electron chi connectivity index (χ3n) is 2.17. The minimum atomic E-state index is -0.816. The summed E-state index contributed by atoms with van der Waals surface area (Å²) in [6.45, 7) is 3.98. The molecule has 2 atom stereocenters. The van der Waals surface area contributed by atoms with Gasteiger partial charge in [0.1, 0.15) is 12.4 Å². The zero-order valence-electron chi connectivity index (χ0n) is 9.16. The molecule has 0 saturated carbocycles. The van der Waals surface area contributed by atoms with E-state index in [9.17, 15) is 9.59 Å². The lowest BCUT2D eigenvalue weighted by molar-refractivity contribution is -0.123. The van der Waals surface area contributed by atoms with E-state index >= 15 is 0 Å². The summed E-state index contributed by atoms with van der Waals surface area (Å²) in [6, 6.07) is 0. The van der Waals surface area contributed by atoms with Crippen molar-refractivity contribution in [1.29, 1.82) is 0 Å². The third kappa shape index (κ3) is 5.96. The van der Waals surface area contributed by atoms with Gasteiger partial charge in [-0.05, 0) is 6.42 Å². The third-order valence-corrected chi connectivity index (χ3v) is 3.66. The number of ether oxygens (including phenoxy) is 1. The van der Waals surface area contributed by atoms with Gasteiger partial charge in [0.15, 0.2) is 0 Å². The smallest absolute Gasteiger partial charge is 0.404 e. The number of Topliss-reactive ketones (excluding diaryl/α,β-unsaturated/α-hetero) is 1. The van der Waals surface area contributed by atoms with Gasteiger partial charge in [0, 0.05) is 10.3 Å². The maximum Gasteiger partial charge on any atom is 0.404 e. The van der Waals surface area contributed by atoms with Gasteiger partial charge in [-0.2, -0.15) is 0 Å². The lowest BCUT2D eigenvalue weighted by Crippen LogP contribution is -2.30. The van der Waals surface area contributed by atoms with E-state index in [2.05, 4.69) is 29.5 Å².